The van der Waals surface area contributed by atoms with E-state index in [0.717, 1.165) is 11.4 Å². The van der Waals surface area contributed by atoms with Crippen molar-refractivity contribution < 1.29 is 0 Å². The fraction of sp³-hybridized carbons (Fsp3) is 0.364. The first-order chi connectivity index (χ1) is 8.24. The summed E-state index contributed by atoms with van der Waals surface area (Å²) in [5.41, 5.74) is 2.38. The molecule has 1 aliphatic carbocycles. The molecular weight excluding hydrogens is 238 g/mol. The molecule has 5 nitrogen and oxygen atoms in total. The number of anilines is 2. The molecule has 0 amide bonds. The second kappa shape index (κ2) is 4.00. The zero-order valence-corrected chi connectivity index (χ0v) is 10.1. The van der Waals surface area contributed by atoms with Crippen molar-refractivity contribution in [1.29, 1.82) is 0 Å². The van der Waals surface area contributed by atoms with Crippen molar-refractivity contribution in [2.75, 3.05) is 5.32 Å². The van der Waals surface area contributed by atoms with Crippen LogP contribution in [0.4, 0.5) is 11.6 Å². The molecule has 0 aromatic carbocycles. The average molecular weight is 250 g/mol. The number of aromatic amines is 1. The minimum atomic E-state index is 0.227. The van der Waals surface area contributed by atoms with Crippen LogP contribution in [0.3, 0.4) is 0 Å². The van der Waals surface area contributed by atoms with E-state index in [1.165, 1.54) is 18.5 Å². The van der Waals surface area contributed by atoms with E-state index in [4.69, 9.17) is 11.6 Å². The largest absolute Gasteiger partial charge is 0.323 e. The molecule has 88 valence electrons. The lowest BCUT2D eigenvalue weighted by molar-refractivity contribution is 0.959. The Bertz CT molecular complexity index is 547. The predicted octanol–water partition coefficient (Wildman–Crippen LogP) is 2.78. The highest BCUT2D eigenvalue weighted by Crippen LogP contribution is 2.41. The van der Waals surface area contributed by atoms with Gasteiger partial charge >= 0.3 is 0 Å². The summed E-state index contributed by atoms with van der Waals surface area (Å²) in [5.74, 6) is 2.12. The van der Waals surface area contributed by atoms with E-state index < -0.39 is 0 Å². The van der Waals surface area contributed by atoms with E-state index in [9.17, 15) is 0 Å². The zero-order chi connectivity index (χ0) is 11.8. The molecule has 3 rings (SSSR count). The van der Waals surface area contributed by atoms with Crippen LogP contribution in [0.25, 0.3) is 0 Å². The molecule has 2 aromatic rings. The first-order valence-corrected chi connectivity index (χ1v) is 5.92. The van der Waals surface area contributed by atoms with Crippen LogP contribution in [0.2, 0.25) is 5.28 Å². The topological polar surface area (TPSA) is 66.5 Å². The number of nitrogens with one attached hydrogen (secondary N) is 2. The van der Waals surface area contributed by atoms with Crippen molar-refractivity contribution in [2.45, 2.75) is 25.7 Å². The highest BCUT2D eigenvalue weighted by molar-refractivity contribution is 6.28. The number of aromatic nitrogens is 4. The van der Waals surface area contributed by atoms with Crippen LogP contribution in [0.5, 0.6) is 0 Å². The lowest BCUT2D eigenvalue weighted by Gasteiger charge is -2.03. The van der Waals surface area contributed by atoms with Crippen LogP contribution in [0.1, 0.15) is 30.0 Å². The summed E-state index contributed by atoms with van der Waals surface area (Å²) in [7, 11) is 0. The maximum Gasteiger partial charge on any atom is 0.224 e. The van der Waals surface area contributed by atoms with Gasteiger partial charge in [-0.15, -0.1) is 0 Å². The minimum absolute atomic E-state index is 0.227. The van der Waals surface area contributed by atoms with Crippen molar-refractivity contribution in [1.82, 2.24) is 20.2 Å². The number of hydrogen-bond acceptors (Lipinski definition) is 4. The van der Waals surface area contributed by atoms with Crippen molar-refractivity contribution in [2.24, 2.45) is 0 Å². The molecule has 0 atom stereocenters. The van der Waals surface area contributed by atoms with Crippen LogP contribution >= 0.6 is 11.6 Å². The number of nitrogens with zero attached hydrogens (tertiary/aromatic N) is 3. The van der Waals surface area contributed by atoms with Crippen molar-refractivity contribution in [3.8, 4) is 0 Å². The van der Waals surface area contributed by atoms with E-state index >= 15 is 0 Å². The Kier molecular flexibility index (Phi) is 2.48. The molecule has 0 unspecified atom stereocenters. The molecule has 0 spiro atoms. The van der Waals surface area contributed by atoms with Gasteiger partial charge in [0.25, 0.3) is 0 Å². The van der Waals surface area contributed by atoms with Crippen molar-refractivity contribution >= 4 is 23.2 Å². The van der Waals surface area contributed by atoms with Gasteiger partial charge in [0.1, 0.15) is 5.82 Å². The smallest absolute Gasteiger partial charge is 0.224 e. The molecule has 0 bridgehead atoms. The van der Waals surface area contributed by atoms with E-state index in [2.05, 4.69) is 32.4 Å². The van der Waals surface area contributed by atoms with Gasteiger partial charge in [-0.1, -0.05) is 0 Å². The lowest BCUT2D eigenvalue weighted by Crippen LogP contribution is -1.96. The highest BCUT2D eigenvalue weighted by atomic mass is 35.5. The molecule has 1 aliphatic rings. The van der Waals surface area contributed by atoms with Gasteiger partial charge in [0.05, 0.1) is 0 Å². The van der Waals surface area contributed by atoms with Crippen LogP contribution < -0.4 is 5.32 Å². The summed E-state index contributed by atoms with van der Waals surface area (Å²) >= 11 is 5.73. The Hall–Kier alpha value is -1.62. The van der Waals surface area contributed by atoms with Gasteiger partial charge in [0.2, 0.25) is 5.28 Å². The summed E-state index contributed by atoms with van der Waals surface area (Å²) < 4.78 is 0. The molecule has 0 radical (unpaired) electrons. The standard InChI is InChI=1S/C11H12ClN5/c1-6-9(7-2-3-7)16-17-10(6)14-8-4-5-13-11(12)15-8/h4-5,7H,2-3H2,1H3,(H2,13,14,15,16,17). The second-order valence-electron chi connectivity index (χ2n) is 4.22. The third-order valence-corrected chi connectivity index (χ3v) is 3.09. The number of hydrogen-bond donors (Lipinski definition) is 2. The summed E-state index contributed by atoms with van der Waals surface area (Å²) in [6, 6.07) is 1.76. The molecule has 0 aliphatic heterocycles. The molecule has 6 heteroatoms. The summed E-state index contributed by atoms with van der Waals surface area (Å²) in [6.07, 6.45) is 4.12. The molecule has 2 aromatic heterocycles. The lowest BCUT2D eigenvalue weighted by atomic mass is 10.2. The molecule has 1 saturated carbocycles. The Labute approximate surface area is 104 Å². The minimum Gasteiger partial charge on any atom is -0.323 e. The third kappa shape index (κ3) is 2.10. The van der Waals surface area contributed by atoms with Crippen LogP contribution in [0.15, 0.2) is 12.3 Å². The van der Waals surface area contributed by atoms with E-state index in [1.54, 1.807) is 12.3 Å². The Morgan fingerprint density at radius 3 is 3.00 bits per heavy atom. The number of halogens is 1. The molecular formula is C11H12ClN5. The first-order valence-electron chi connectivity index (χ1n) is 5.54. The van der Waals surface area contributed by atoms with Gasteiger partial charge in [-0.25, -0.2) is 9.97 Å². The van der Waals surface area contributed by atoms with Gasteiger partial charge in [0, 0.05) is 23.4 Å². The third-order valence-electron chi connectivity index (χ3n) is 2.91. The number of H-pyrrole nitrogens is 1. The molecule has 1 fully saturated rings. The molecule has 0 saturated heterocycles. The maximum atomic E-state index is 5.73. The van der Waals surface area contributed by atoms with Crippen molar-refractivity contribution in [3.05, 3.63) is 28.8 Å². The van der Waals surface area contributed by atoms with Gasteiger partial charge in [-0.2, -0.15) is 5.10 Å². The fourth-order valence-electron chi connectivity index (χ4n) is 1.83. The summed E-state index contributed by atoms with van der Waals surface area (Å²) in [6.45, 7) is 2.06. The van der Waals surface area contributed by atoms with E-state index in [1.807, 2.05) is 0 Å². The van der Waals surface area contributed by atoms with Crippen LogP contribution in [0, 0.1) is 6.92 Å². The van der Waals surface area contributed by atoms with Crippen LogP contribution in [-0.2, 0) is 0 Å². The van der Waals surface area contributed by atoms with Crippen molar-refractivity contribution in [3.63, 3.8) is 0 Å². The van der Waals surface area contributed by atoms with Crippen LogP contribution in [-0.4, -0.2) is 20.2 Å². The number of rotatable bonds is 3. The van der Waals surface area contributed by atoms with Gasteiger partial charge in [-0.05, 0) is 37.4 Å². The fourth-order valence-corrected chi connectivity index (χ4v) is 1.98. The van der Waals surface area contributed by atoms with E-state index in [-0.39, 0.29) is 5.28 Å². The molecule has 2 heterocycles. The Morgan fingerprint density at radius 2 is 2.29 bits per heavy atom. The second-order valence-corrected chi connectivity index (χ2v) is 4.56. The monoisotopic (exact) mass is 249 g/mol. The zero-order valence-electron chi connectivity index (χ0n) is 9.37. The Balaban J connectivity index is 1.85. The van der Waals surface area contributed by atoms with E-state index in [0.29, 0.717) is 11.7 Å². The quantitative estimate of drug-likeness (QED) is 0.821. The highest BCUT2D eigenvalue weighted by Gasteiger charge is 2.28. The summed E-state index contributed by atoms with van der Waals surface area (Å²) in [5, 5.41) is 10.7. The summed E-state index contributed by atoms with van der Waals surface area (Å²) in [4.78, 5) is 7.90. The normalized spacial score (nSPS) is 14.9. The molecule has 17 heavy (non-hydrogen) atoms. The van der Waals surface area contributed by atoms with Gasteiger partial charge in [0.15, 0.2) is 5.82 Å². The maximum absolute atomic E-state index is 5.73. The molecule has 2 N–H and O–H groups in total. The van der Waals surface area contributed by atoms with Gasteiger partial charge in [-0.3, -0.25) is 5.10 Å². The predicted molar refractivity (Wildman–Crippen MR) is 65.6 cm³/mol. The first kappa shape index (κ1) is 10.5. The Morgan fingerprint density at radius 1 is 1.47 bits per heavy atom. The average Bonchev–Trinajstić information content (AvgIpc) is 3.07. The SMILES string of the molecule is Cc1c(Nc2ccnc(Cl)n2)n[nH]c1C1CC1. The van der Waals surface area contributed by atoms with Gasteiger partial charge < -0.3 is 5.32 Å².